The van der Waals surface area contributed by atoms with Gasteiger partial charge in [-0.1, -0.05) is 12.1 Å². The molecule has 4 N–H and O–H groups in total. The molecule has 0 aromatic heterocycles. The van der Waals surface area contributed by atoms with Gasteiger partial charge in [-0.25, -0.2) is 9.18 Å². The number of hydrogen-bond donors (Lipinski definition) is 4. The molecule has 126 valence electrons. The zero-order valence-corrected chi connectivity index (χ0v) is 12.7. The average Bonchev–Trinajstić information content (AvgIpc) is 2.54. The Labute approximate surface area is 133 Å². The van der Waals surface area contributed by atoms with E-state index >= 15 is 0 Å². The average molecular weight is 324 g/mol. The van der Waals surface area contributed by atoms with Gasteiger partial charge < -0.3 is 20.8 Å². The van der Waals surface area contributed by atoms with E-state index < -0.39 is 18.0 Å². The van der Waals surface area contributed by atoms with Crippen molar-refractivity contribution < 1.29 is 24.2 Å². The number of halogens is 1. The summed E-state index contributed by atoms with van der Waals surface area (Å²) in [7, 11) is 0. The first-order valence-corrected chi connectivity index (χ1v) is 7.65. The topological polar surface area (TPSA) is 98.7 Å². The summed E-state index contributed by atoms with van der Waals surface area (Å²) in [6, 6.07) is 4.44. The van der Waals surface area contributed by atoms with Crippen LogP contribution in [0, 0.1) is 11.7 Å². The molecule has 2 amide bonds. The number of aliphatic carboxylic acids is 1. The van der Waals surface area contributed by atoms with Crippen molar-refractivity contribution in [2.45, 2.75) is 37.8 Å². The minimum absolute atomic E-state index is 0.0711. The monoisotopic (exact) mass is 324 g/mol. The molecule has 1 atom stereocenters. The third-order valence-electron chi connectivity index (χ3n) is 4.17. The molecule has 1 aliphatic carbocycles. The highest BCUT2D eigenvalue weighted by Crippen LogP contribution is 2.24. The van der Waals surface area contributed by atoms with E-state index in [2.05, 4.69) is 10.6 Å². The Balaban J connectivity index is 1.84. The maximum absolute atomic E-state index is 12.9. The molecule has 7 heteroatoms. The SMILES string of the molecule is O=C(NC1CCC(C(=O)O)CC1)NC(CO)c1ccc(F)cc1. The molecule has 0 radical (unpaired) electrons. The predicted molar refractivity (Wildman–Crippen MR) is 81.3 cm³/mol. The van der Waals surface area contributed by atoms with Crippen molar-refractivity contribution in [3.63, 3.8) is 0 Å². The van der Waals surface area contributed by atoms with Crippen LogP contribution in [-0.4, -0.2) is 34.9 Å². The van der Waals surface area contributed by atoms with Gasteiger partial charge in [0.1, 0.15) is 5.82 Å². The molecule has 0 heterocycles. The number of hydrogen-bond acceptors (Lipinski definition) is 3. The summed E-state index contributed by atoms with van der Waals surface area (Å²) in [5.74, 6) is -1.50. The Kier molecular flexibility index (Phi) is 5.92. The highest BCUT2D eigenvalue weighted by Gasteiger charge is 2.27. The third-order valence-corrected chi connectivity index (χ3v) is 4.17. The van der Waals surface area contributed by atoms with Gasteiger partial charge in [0.15, 0.2) is 0 Å². The summed E-state index contributed by atoms with van der Waals surface area (Å²) < 4.78 is 12.9. The molecule has 2 rings (SSSR count). The molecule has 0 saturated heterocycles. The van der Waals surface area contributed by atoms with E-state index in [9.17, 15) is 19.1 Å². The van der Waals surface area contributed by atoms with Crippen molar-refractivity contribution in [1.29, 1.82) is 0 Å². The molecule has 1 unspecified atom stereocenters. The van der Waals surface area contributed by atoms with E-state index in [0.29, 0.717) is 31.2 Å². The van der Waals surface area contributed by atoms with E-state index in [1.54, 1.807) is 0 Å². The van der Waals surface area contributed by atoms with Crippen LogP contribution >= 0.6 is 0 Å². The summed E-state index contributed by atoms with van der Waals surface area (Å²) in [6.07, 6.45) is 2.32. The van der Waals surface area contributed by atoms with Crippen molar-refractivity contribution in [1.82, 2.24) is 10.6 Å². The van der Waals surface area contributed by atoms with Crippen molar-refractivity contribution in [2.24, 2.45) is 5.92 Å². The number of carbonyl (C=O) groups excluding carboxylic acids is 1. The highest BCUT2D eigenvalue weighted by atomic mass is 19.1. The van der Waals surface area contributed by atoms with Crippen LogP contribution in [0.25, 0.3) is 0 Å². The van der Waals surface area contributed by atoms with Gasteiger partial charge in [0.2, 0.25) is 0 Å². The molecule has 1 aliphatic rings. The fourth-order valence-corrected chi connectivity index (χ4v) is 2.80. The largest absolute Gasteiger partial charge is 0.481 e. The second kappa shape index (κ2) is 7.92. The normalized spacial score (nSPS) is 22.2. The van der Waals surface area contributed by atoms with Gasteiger partial charge in [0.25, 0.3) is 0 Å². The number of carbonyl (C=O) groups is 2. The minimum atomic E-state index is -0.787. The smallest absolute Gasteiger partial charge is 0.315 e. The summed E-state index contributed by atoms with van der Waals surface area (Å²) in [6.45, 7) is -0.301. The molecule has 1 aromatic rings. The maximum atomic E-state index is 12.9. The molecule has 6 nitrogen and oxygen atoms in total. The molecule has 0 aliphatic heterocycles. The second-order valence-electron chi connectivity index (χ2n) is 5.79. The number of urea groups is 1. The van der Waals surface area contributed by atoms with Crippen molar-refractivity contribution in [3.05, 3.63) is 35.6 Å². The summed E-state index contributed by atoms with van der Waals surface area (Å²) in [4.78, 5) is 22.9. The van der Waals surface area contributed by atoms with E-state index in [0.717, 1.165) is 0 Å². The van der Waals surface area contributed by atoms with Crippen LogP contribution in [0.5, 0.6) is 0 Å². The van der Waals surface area contributed by atoms with Crippen LogP contribution in [0.4, 0.5) is 9.18 Å². The summed E-state index contributed by atoms with van der Waals surface area (Å²) in [5, 5.41) is 23.8. The van der Waals surface area contributed by atoms with E-state index in [-0.39, 0.29) is 24.4 Å². The zero-order chi connectivity index (χ0) is 16.8. The van der Waals surface area contributed by atoms with Crippen LogP contribution in [0.2, 0.25) is 0 Å². The van der Waals surface area contributed by atoms with Crippen molar-refractivity contribution in [3.8, 4) is 0 Å². The fraction of sp³-hybridized carbons (Fsp3) is 0.500. The van der Waals surface area contributed by atoms with Gasteiger partial charge in [-0.05, 0) is 43.4 Å². The maximum Gasteiger partial charge on any atom is 0.315 e. The Morgan fingerprint density at radius 1 is 1.17 bits per heavy atom. The lowest BCUT2D eigenvalue weighted by Crippen LogP contribution is -2.45. The van der Waals surface area contributed by atoms with Crippen LogP contribution in [0.3, 0.4) is 0 Å². The second-order valence-corrected chi connectivity index (χ2v) is 5.79. The van der Waals surface area contributed by atoms with E-state index in [4.69, 9.17) is 5.11 Å². The quantitative estimate of drug-likeness (QED) is 0.664. The van der Waals surface area contributed by atoms with Crippen LogP contribution in [-0.2, 0) is 4.79 Å². The first kappa shape index (κ1) is 17.2. The number of amides is 2. The lowest BCUT2D eigenvalue weighted by Gasteiger charge is -2.27. The number of rotatable bonds is 5. The number of nitrogens with one attached hydrogen (secondary N) is 2. The summed E-state index contributed by atoms with van der Waals surface area (Å²) in [5.41, 5.74) is 0.610. The van der Waals surface area contributed by atoms with Crippen LogP contribution in [0.1, 0.15) is 37.3 Å². The molecular formula is C16H21FN2O4. The number of carboxylic acids is 1. The van der Waals surface area contributed by atoms with Crippen LogP contribution < -0.4 is 10.6 Å². The van der Waals surface area contributed by atoms with E-state index in [1.165, 1.54) is 24.3 Å². The Morgan fingerprint density at radius 2 is 1.78 bits per heavy atom. The first-order chi connectivity index (χ1) is 11.0. The predicted octanol–water partition coefficient (Wildman–Crippen LogP) is 1.80. The van der Waals surface area contributed by atoms with Gasteiger partial charge in [0.05, 0.1) is 18.6 Å². The molecule has 1 fully saturated rings. The molecule has 1 saturated carbocycles. The molecule has 23 heavy (non-hydrogen) atoms. The fourth-order valence-electron chi connectivity index (χ4n) is 2.80. The highest BCUT2D eigenvalue weighted by molar-refractivity contribution is 5.75. The number of benzene rings is 1. The lowest BCUT2D eigenvalue weighted by atomic mass is 9.86. The van der Waals surface area contributed by atoms with Gasteiger partial charge in [0, 0.05) is 6.04 Å². The molecular weight excluding hydrogens is 303 g/mol. The van der Waals surface area contributed by atoms with Crippen LogP contribution in [0.15, 0.2) is 24.3 Å². The summed E-state index contributed by atoms with van der Waals surface area (Å²) >= 11 is 0. The Morgan fingerprint density at radius 3 is 2.30 bits per heavy atom. The van der Waals surface area contributed by atoms with Crippen molar-refractivity contribution in [2.75, 3.05) is 6.61 Å². The number of aliphatic hydroxyl groups is 1. The molecule has 0 bridgehead atoms. The first-order valence-electron chi connectivity index (χ1n) is 7.65. The third kappa shape index (κ3) is 4.92. The van der Waals surface area contributed by atoms with Gasteiger partial charge >= 0.3 is 12.0 Å². The number of carboxylic acid groups (broad SMARTS) is 1. The van der Waals surface area contributed by atoms with Gasteiger partial charge in [-0.15, -0.1) is 0 Å². The molecule has 1 aromatic carbocycles. The van der Waals surface area contributed by atoms with Gasteiger partial charge in [-0.2, -0.15) is 0 Å². The minimum Gasteiger partial charge on any atom is -0.481 e. The molecule has 0 spiro atoms. The Hall–Kier alpha value is -2.15. The standard InChI is InChI=1S/C16H21FN2O4/c17-12-5-1-10(2-6-12)14(9-20)19-16(23)18-13-7-3-11(4-8-13)15(21)22/h1-2,5-6,11,13-14,20H,3-4,7-9H2,(H,21,22)(H2,18,19,23). The van der Waals surface area contributed by atoms with E-state index in [1.807, 2.05) is 0 Å². The lowest BCUT2D eigenvalue weighted by molar-refractivity contribution is -0.142. The zero-order valence-electron chi connectivity index (χ0n) is 12.7. The van der Waals surface area contributed by atoms with Crippen molar-refractivity contribution >= 4 is 12.0 Å². The Bertz CT molecular complexity index is 542. The van der Waals surface area contributed by atoms with Gasteiger partial charge in [-0.3, -0.25) is 4.79 Å². The number of aliphatic hydroxyl groups excluding tert-OH is 1.